The molecule has 9 heteroatoms. The Hall–Kier alpha value is -4.37. The lowest BCUT2D eigenvalue weighted by Gasteiger charge is -2.37. The summed E-state index contributed by atoms with van der Waals surface area (Å²) in [6, 6.07) is 10.9. The van der Waals surface area contributed by atoms with Gasteiger partial charge in [-0.05, 0) is 43.7 Å². The average Bonchev–Trinajstić information content (AvgIpc) is 3.42. The van der Waals surface area contributed by atoms with Crippen molar-refractivity contribution in [3.8, 4) is 17.2 Å². The van der Waals surface area contributed by atoms with Crippen molar-refractivity contribution in [1.29, 1.82) is 0 Å². The number of fused-ring (bicyclic) bond motifs is 2. The maximum absolute atomic E-state index is 13.8. The Labute approximate surface area is 212 Å². The summed E-state index contributed by atoms with van der Waals surface area (Å²) < 4.78 is 13.0. The largest absolute Gasteiger partial charge is 0.508 e. The number of H-pyrrole nitrogens is 1. The van der Waals surface area contributed by atoms with E-state index in [1.54, 1.807) is 35.9 Å². The number of phenolic OH excluding ortho intramolecular Hbond substituents is 1. The lowest BCUT2D eigenvalue weighted by atomic mass is 9.90. The number of anilines is 1. The molecular formula is C28H27N5O4. The number of benzene rings is 2. The van der Waals surface area contributed by atoms with Crippen LogP contribution in [-0.4, -0.2) is 50.2 Å². The number of ether oxygens (including phenoxy) is 2. The monoisotopic (exact) mass is 497 g/mol. The molecule has 0 spiro atoms. The van der Waals surface area contributed by atoms with E-state index in [1.807, 2.05) is 25.1 Å². The lowest BCUT2D eigenvalue weighted by molar-refractivity contribution is -0.120. The molecule has 37 heavy (non-hydrogen) atoms. The molecule has 4 N–H and O–H groups in total. The molecule has 0 bridgehead atoms. The van der Waals surface area contributed by atoms with Crippen LogP contribution < -0.4 is 10.5 Å². The van der Waals surface area contributed by atoms with Crippen molar-refractivity contribution in [3.05, 3.63) is 71.2 Å². The van der Waals surface area contributed by atoms with E-state index in [2.05, 4.69) is 21.9 Å². The van der Waals surface area contributed by atoms with E-state index in [4.69, 9.17) is 15.2 Å². The van der Waals surface area contributed by atoms with Gasteiger partial charge in [-0.3, -0.25) is 14.3 Å². The molecule has 1 saturated heterocycles. The first-order chi connectivity index (χ1) is 17.8. The van der Waals surface area contributed by atoms with Crippen LogP contribution in [0.5, 0.6) is 11.5 Å². The first-order valence-corrected chi connectivity index (χ1v) is 12.0. The third-order valence-electron chi connectivity index (χ3n) is 7.01. The van der Waals surface area contributed by atoms with Crippen molar-refractivity contribution < 1.29 is 19.4 Å². The first kappa shape index (κ1) is 23.1. The highest BCUT2D eigenvalue weighted by Crippen LogP contribution is 2.36. The molecule has 1 aliphatic heterocycles. The highest BCUT2D eigenvalue weighted by molar-refractivity contribution is 6.19. The van der Waals surface area contributed by atoms with E-state index >= 15 is 0 Å². The molecule has 0 unspecified atom stereocenters. The number of hydrogen-bond donors (Lipinski definition) is 3. The second-order valence-electron chi connectivity index (χ2n) is 10.1. The van der Waals surface area contributed by atoms with Gasteiger partial charge in [-0.15, -0.1) is 0 Å². The van der Waals surface area contributed by atoms with Gasteiger partial charge >= 0.3 is 0 Å². The smallest absolute Gasteiger partial charge is 0.215 e. The third kappa shape index (κ3) is 3.70. The molecular weight excluding hydrogens is 470 g/mol. The molecule has 1 fully saturated rings. The number of aromatic amines is 1. The fourth-order valence-corrected chi connectivity index (χ4v) is 4.88. The topological polar surface area (TPSA) is 128 Å². The van der Waals surface area contributed by atoms with Gasteiger partial charge in [0.25, 0.3) is 0 Å². The molecule has 1 aliphatic rings. The Bertz CT molecular complexity index is 1700. The Kier molecular flexibility index (Phi) is 5.20. The number of aromatic hydroxyl groups is 1. The van der Waals surface area contributed by atoms with Gasteiger partial charge in [-0.2, -0.15) is 0 Å². The number of aromatic nitrogens is 4. The minimum atomic E-state index is -0.296. The standard InChI is InChI=1S/C28H27N5O4/c1-15-4-7-21(34)16(2)24(15)33-26(29)22(23-27(33)31-9-8-30-23)25(35)20-10-17-5-6-18(11-19(17)32-20)37-14-28(3)12-36-13-28/h4-11,32,34H,12-14,29H2,1-3H3. The van der Waals surface area contributed by atoms with Crippen molar-refractivity contribution in [3.63, 3.8) is 0 Å². The van der Waals surface area contributed by atoms with Crippen LogP contribution in [-0.2, 0) is 4.74 Å². The molecule has 0 amide bonds. The number of nitrogens with zero attached hydrogens (tertiary/aromatic N) is 3. The number of phenols is 1. The summed E-state index contributed by atoms with van der Waals surface area (Å²) in [4.78, 5) is 26.0. The predicted molar refractivity (Wildman–Crippen MR) is 141 cm³/mol. The lowest BCUT2D eigenvalue weighted by Crippen LogP contribution is -2.44. The maximum Gasteiger partial charge on any atom is 0.215 e. The molecule has 0 saturated carbocycles. The summed E-state index contributed by atoms with van der Waals surface area (Å²) in [7, 11) is 0. The second kappa shape index (κ2) is 8.35. The van der Waals surface area contributed by atoms with E-state index in [1.165, 1.54) is 6.20 Å². The number of nitrogens with one attached hydrogen (secondary N) is 1. The number of carbonyl (C=O) groups excluding carboxylic acids is 1. The quantitative estimate of drug-likeness (QED) is 0.296. The van der Waals surface area contributed by atoms with Gasteiger partial charge in [-0.1, -0.05) is 13.0 Å². The van der Waals surface area contributed by atoms with Gasteiger partial charge in [0.2, 0.25) is 5.78 Å². The van der Waals surface area contributed by atoms with Crippen LogP contribution in [0.25, 0.3) is 27.8 Å². The van der Waals surface area contributed by atoms with E-state index in [0.717, 1.165) is 22.2 Å². The summed E-state index contributed by atoms with van der Waals surface area (Å²) in [5.41, 5.74) is 11.1. The second-order valence-corrected chi connectivity index (χ2v) is 10.1. The van der Waals surface area contributed by atoms with Crippen molar-refractivity contribution in [2.45, 2.75) is 20.8 Å². The van der Waals surface area contributed by atoms with Crippen LogP contribution in [0.4, 0.5) is 5.82 Å². The van der Waals surface area contributed by atoms with Gasteiger partial charge in [0.05, 0.1) is 36.8 Å². The Morgan fingerprint density at radius 1 is 1.19 bits per heavy atom. The minimum Gasteiger partial charge on any atom is -0.508 e. The van der Waals surface area contributed by atoms with E-state index in [-0.39, 0.29) is 28.3 Å². The van der Waals surface area contributed by atoms with Crippen molar-refractivity contribution >= 4 is 33.7 Å². The van der Waals surface area contributed by atoms with Gasteiger partial charge < -0.3 is 25.3 Å². The molecule has 188 valence electrons. The van der Waals surface area contributed by atoms with E-state index in [9.17, 15) is 9.90 Å². The van der Waals surface area contributed by atoms with Gasteiger partial charge in [0, 0.05) is 40.3 Å². The summed E-state index contributed by atoms with van der Waals surface area (Å²) in [6.45, 7) is 7.79. The highest BCUT2D eigenvalue weighted by Gasteiger charge is 2.34. The number of nitrogens with two attached hydrogens (primary N) is 1. The predicted octanol–water partition coefficient (Wildman–Crippen LogP) is 4.45. The van der Waals surface area contributed by atoms with E-state index in [0.29, 0.717) is 47.9 Å². The van der Waals surface area contributed by atoms with Crippen LogP contribution in [0.2, 0.25) is 0 Å². The number of hydrogen-bond acceptors (Lipinski definition) is 7. The molecule has 2 aromatic carbocycles. The Morgan fingerprint density at radius 2 is 1.97 bits per heavy atom. The fourth-order valence-electron chi connectivity index (χ4n) is 4.88. The maximum atomic E-state index is 13.8. The summed E-state index contributed by atoms with van der Waals surface area (Å²) in [5.74, 6) is 0.765. The minimum absolute atomic E-state index is 0.0326. The first-order valence-electron chi connectivity index (χ1n) is 12.0. The van der Waals surface area contributed by atoms with Gasteiger partial charge in [-0.25, -0.2) is 4.98 Å². The SMILES string of the molecule is Cc1ccc(O)c(C)c1-n1c(N)c(C(=O)c2cc3ccc(OCC4(C)COC4)cc3[nH]2)c2nccnc21. The van der Waals surface area contributed by atoms with Crippen molar-refractivity contribution in [2.24, 2.45) is 5.41 Å². The number of ketones is 1. The molecule has 0 aliphatic carbocycles. The summed E-state index contributed by atoms with van der Waals surface area (Å²) >= 11 is 0. The molecule has 0 atom stereocenters. The zero-order valence-corrected chi connectivity index (χ0v) is 20.8. The van der Waals surface area contributed by atoms with Crippen LogP contribution in [0.15, 0.2) is 48.8 Å². The normalized spacial score (nSPS) is 14.7. The van der Waals surface area contributed by atoms with Gasteiger partial charge in [0.15, 0.2) is 5.65 Å². The third-order valence-corrected chi connectivity index (χ3v) is 7.01. The van der Waals surface area contributed by atoms with Crippen LogP contribution in [0, 0.1) is 19.3 Å². The number of aryl methyl sites for hydroxylation is 1. The zero-order valence-electron chi connectivity index (χ0n) is 20.8. The molecule has 6 rings (SSSR count). The van der Waals surface area contributed by atoms with E-state index < -0.39 is 0 Å². The molecule has 4 heterocycles. The summed E-state index contributed by atoms with van der Waals surface area (Å²) in [5, 5.41) is 11.2. The highest BCUT2D eigenvalue weighted by atomic mass is 16.5. The van der Waals surface area contributed by atoms with Crippen molar-refractivity contribution in [1.82, 2.24) is 19.5 Å². The molecule has 5 aromatic rings. The van der Waals surface area contributed by atoms with Crippen molar-refractivity contribution in [2.75, 3.05) is 25.6 Å². The molecule has 3 aromatic heterocycles. The average molecular weight is 498 g/mol. The number of rotatable bonds is 6. The van der Waals surface area contributed by atoms with Gasteiger partial charge in [0.1, 0.15) is 22.8 Å². The number of nitrogen functional groups attached to an aromatic ring is 1. The number of carbonyl (C=O) groups is 1. The fraction of sp³-hybridized carbons (Fsp3) is 0.250. The van der Waals surface area contributed by atoms with Crippen LogP contribution in [0.3, 0.4) is 0 Å². The summed E-state index contributed by atoms with van der Waals surface area (Å²) in [6.07, 6.45) is 3.09. The Morgan fingerprint density at radius 3 is 2.73 bits per heavy atom. The molecule has 9 nitrogen and oxygen atoms in total. The molecule has 0 radical (unpaired) electrons. The Balaban J connectivity index is 1.42. The zero-order chi connectivity index (χ0) is 25.9. The van der Waals surface area contributed by atoms with Crippen LogP contribution >= 0.6 is 0 Å². The van der Waals surface area contributed by atoms with Crippen LogP contribution in [0.1, 0.15) is 34.1 Å².